The fourth-order valence-electron chi connectivity index (χ4n) is 3.06. The largest absolute Gasteiger partial charge is 0.377 e. The standard InChI is InChI=1S/C18H28O.C2H4O/c1-3-4-5-6-7-8-12-15-18(16(2)19-18)17-13-10-9-11-14-17;1-2-3-1/h9-11,13-14,16H,3-8,12,15H2,1-2H3;1-2H2. The van der Waals surface area contributed by atoms with Gasteiger partial charge in [0.25, 0.3) is 0 Å². The third-order valence-corrected chi connectivity index (χ3v) is 4.60. The summed E-state index contributed by atoms with van der Waals surface area (Å²) in [6, 6.07) is 10.7. The smallest absolute Gasteiger partial charge is 0.119 e. The number of unbranched alkanes of at least 4 members (excludes halogenated alkanes) is 6. The van der Waals surface area contributed by atoms with Crippen molar-refractivity contribution in [2.24, 2.45) is 0 Å². The van der Waals surface area contributed by atoms with Gasteiger partial charge in [-0.1, -0.05) is 82.2 Å². The monoisotopic (exact) mass is 304 g/mol. The molecule has 2 aliphatic heterocycles. The quantitative estimate of drug-likeness (QED) is 0.447. The minimum absolute atomic E-state index is 0.0463. The van der Waals surface area contributed by atoms with Gasteiger partial charge < -0.3 is 9.47 Å². The van der Waals surface area contributed by atoms with Crippen molar-refractivity contribution < 1.29 is 9.47 Å². The van der Waals surface area contributed by atoms with E-state index >= 15 is 0 Å². The molecule has 124 valence electrons. The zero-order valence-electron chi connectivity index (χ0n) is 14.4. The van der Waals surface area contributed by atoms with Crippen molar-refractivity contribution in [1.29, 1.82) is 0 Å². The topological polar surface area (TPSA) is 25.1 Å². The molecule has 2 atom stereocenters. The van der Waals surface area contributed by atoms with Crippen molar-refractivity contribution in [3.05, 3.63) is 35.9 Å². The van der Waals surface area contributed by atoms with Crippen LogP contribution in [0.15, 0.2) is 30.3 Å². The van der Waals surface area contributed by atoms with E-state index in [-0.39, 0.29) is 5.60 Å². The number of hydrogen-bond acceptors (Lipinski definition) is 2. The predicted octanol–water partition coefficient (Wildman–Crippen LogP) is 5.46. The molecule has 0 saturated carbocycles. The van der Waals surface area contributed by atoms with Crippen LogP contribution < -0.4 is 0 Å². The summed E-state index contributed by atoms with van der Waals surface area (Å²) < 4.78 is 10.4. The van der Waals surface area contributed by atoms with Crippen LogP contribution in [0, 0.1) is 0 Å². The zero-order chi connectivity index (χ0) is 15.7. The van der Waals surface area contributed by atoms with Gasteiger partial charge in [-0.15, -0.1) is 0 Å². The second kappa shape index (κ2) is 9.32. The summed E-state index contributed by atoms with van der Waals surface area (Å²) in [5, 5.41) is 0. The van der Waals surface area contributed by atoms with E-state index in [1.165, 1.54) is 56.9 Å². The predicted molar refractivity (Wildman–Crippen MR) is 92.1 cm³/mol. The van der Waals surface area contributed by atoms with Gasteiger partial charge in [-0.25, -0.2) is 0 Å². The Bertz CT molecular complexity index is 399. The molecule has 2 nitrogen and oxygen atoms in total. The van der Waals surface area contributed by atoms with Gasteiger partial charge in [-0.05, 0) is 18.9 Å². The van der Waals surface area contributed by atoms with Crippen molar-refractivity contribution in [3.8, 4) is 0 Å². The number of epoxide rings is 2. The van der Waals surface area contributed by atoms with Crippen LogP contribution in [-0.4, -0.2) is 19.3 Å². The van der Waals surface area contributed by atoms with E-state index in [2.05, 4.69) is 48.9 Å². The highest BCUT2D eigenvalue weighted by Crippen LogP contribution is 2.49. The van der Waals surface area contributed by atoms with Gasteiger partial charge in [-0.3, -0.25) is 0 Å². The van der Waals surface area contributed by atoms with E-state index in [0.29, 0.717) is 6.10 Å². The van der Waals surface area contributed by atoms with Crippen molar-refractivity contribution >= 4 is 0 Å². The molecule has 2 heterocycles. The highest BCUT2D eigenvalue weighted by Gasteiger charge is 2.53. The van der Waals surface area contributed by atoms with Gasteiger partial charge in [0.05, 0.1) is 19.3 Å². The Morgan fingerprint density at radius 2 is 1.50 bits per heavy atom. The van der Waals surface area contributed by atoms with Crippen molar-refractivity contribution in [2.45, 2.75) is 76.9 Å². The lowest BCUT2D eigenvalue weighted by Gasteiger charge is -2.13. The van der Waals surface area contributed by atoms with Gasteiger partial charge >= 0.3 is 0 Å². The lowest BCUT2D eigenvalue weighted by Crippen LogP contribution is -2.11. The van der Waals surface area contributed by atoms with E-state index in [4.69, 9.17) is 4.74 Å². The van der Waals surface area contributed by atoms with Gasteiger partial charge in [0.2, 0.25) is 0 Å². The normalized spacial score (nSPS) is 25.3. The molecule has 0 aromatic heterocycles. The van der Waals surface area contributed by atoms with E-state index < -0.39 is 0 Å². The number of rotatable bonds is 9. The van der Waals surface area contributed by atoms with Crippen LogP contribution in [-0.2, 0) is 15.1 Å². The van der Waals surface area contributed by atoms with Crippen LogP contribution in [0.1, 0.15) is 70.8 Å². The summed E-state index contributed by atoms with van der Waals surface area (Å²) in [5.74, 6) is 0. The van der Waals surface area contributed by atoms with E-state index in [0.717, 1.165) is 13.2 Å². The Morgan fingerprint density at radius 3 is 2.00 bits per heavy atom. The lowest BCUT2D eigenvalue weighted by atomic mass is 9.90. The van der Waals surface area contributed by atoms with Crippen LogP contribution in [0.25, 0.3) is 0 Å². The Labute approximate surface area is 136 Å². The summed E-state index contributed by atoms with van der Waals surface area (Å²) in [5.41, 5.74) is 1.42. The first kappa shape index (κ1) is 17.5. The molecular formula is C20H32O2. The van der Waals surface area contributed by atoms with Crippen LogP contribution in [0.3, 0.4) is 0 Å². The minimum Gasteiger partial charge on any atom is -0.377 e. The van der Waals surface area contributed by atoms with Gasteiger partial charge in [0.1, 0.15) is 5.60 Å². The third-order valence-electron chi connectivity index (χ3n) is 4.60. The molecular weight excluding hydrogens is 272 g/mol. The molecule has 1 aromatic carbocycles. The van der Waals surface area contributed by atoms with Crippen molar-refractivity contribution in [1.82, 2.24) is 0 Å². The Kier molecular flexibility index (Phi) is 7.41. The SMILES string of the molecule is C1CO1.CCCCCCCCCC1(c2ccccc2)OC1C. The zero-order valence-corrected chi connectivity index (χ0v) is 14.4. The fraction of sp³-hybridized carbons (Fsp3) is 0.700. The van der Waals surface area contributed by atoms with E-state index in [1.807, 2.05) is 0 Å². The molecule has 0 radical (unpaired) electrons. The molecule has 3 rings (SSSR count). The molecule has 2 aliphatic rings. The molecule has 2 unspecified atom stereocenters. The molecule has 2 heteroatoms. The first-order valence-electron chi connectivity index (χ1n) is 9.10. The van der Waals surface area contributed by atoms with Gasteiger partial charge in [-0.2, -0.15) is 0 Å². The number of hydrogen-bond donors (Lipinski definition) is 0. The third kappa shape index (κ3) is 5.73. The molecule has 2 saturated heterocycles. The van der Waals surface area contributed by atoms with E-state index in [1.54, 1.807) is 0 Å². The highest BCUT2D eigenvalue weighted by molar-refractivity contribution is 5.28. The first-order chi connectivity index (χ1) is 10.8. The minimum atomic E-state index is 0.0463. The van der Waals surface area contributed by atoms with Crippen LogP contribution in [0.4, 0.5) is 0 Å². The summed E-state index contributed by atoms with van der Waals surface area (Å²) in [4.78, 5) is 0. The molecule has 0 aliphatic carbocycles. The Balaban J connectivity index is 0.000000523. The lowest BCUT2D eigenvalue weighted by molar-refractivity contribution is 0.278. The van der Waals surface area contributed by atoms with Crippen LogP contribution >= 0.6 is 0 Å². The molecule has 1 aromatic rings. The summed E-state index contributed by atoms with van der Waals surface area (Å²) in [6.45, 7) is 6.48. The molecule has 0 N–H and O–H groups in total. The first-order valence-corrected chi connectivity index (χ1v) is 9.10. The molecule has 0 bridgehead atoms. The van der Waals surface area contributed by atoms with Gasteiger partial charge in [0.15, 0.2) is 0 Å². The van der Waals surface area contributed by atoms with Crippen LogP contribution in [0.5, 0.6) is 0 Å². The fourth-order valence-corrected chi connectivity index (χ4v) is 3.06. The number of benzene rings is 1. The number of ether oxygens (including phenoxy) is 2. The summed E-state index contributed by atoms with van der Waals surface area (Å²) >= 11 is 0. The van der Waals surface area contributed by atoms with Crippen molar-refractivity contribution in [3.63, 3.8) is 0 Å². The maximum atomic E-state index is 5.94. The van der Waals surface area contributed by atoms with E-state index in [9.17, 15) is 0 Å². The highest BCUT2D eigenvalue weighted by atomic mass is 16.6. The molecule has 0 spiro atoms. The van der Waals surface area contributed by atoms with Crippen molar-refractivity contribution in [2.75, 3.05) is 13.2 Å². The maximum Gasteiger partial charge on any atom is 0.119 e. The average Bonchev–Trinajstić information content (AvgIpc) is 3.45. The summed E-state index contributed by atoms with van der Waals surface area (Å²) in [6.07, 6.45) is 11.2. The Hall–Kier alpha value is -0.860. The second-order valence-corrected chi connectivity index (χ2v) is 6.50. The maximum absolute atomic E-state index is 5.94. The second-order valence-electron chi connectivity index (χ2n) is 6.50. The molecule has 22 heavy (non-hydrogen) atoms. The van der Waals surface area contributed by atoms with Gasteiger partial charge in [0, 0.05) is 0 Å². The molecule has 2 fully saturated rings. The van der Waals surface area contributed by atoms with Crippen LogP contribution in [0.2, 0.25) is 0 Å². The summed E-state index contributed by atoms with van der Waals surface area (Å²) in [7, 11) is 0. The Morgan fingerprint density at radius 1 is 0.955 bits per heavy atom. The molecule has 0 amide bonds. The average molecular weight is 304 g/mol.